The Morgan fingerprint density at radius 1 is 1.35 bits per heavy atom. The molecule has 0 aliphatic carbocycles. The van der Waals surface area contributed by atoms with Gasteiger partial charge in [0.15, 0.2) is 0 Å². The Balaban J connectivity index is 2.75. The molecular formula is C16H25N4O6+. The van der Waals surface area contributed by atoms with Gasteiger partial charge in [0.25, 0.3) is 5.69 Å². The first-order chi connectivity index (χ1) is 12.4. The zero-order valence-electron chi connectivity index (χ0n) is 14.9. The summed E-state index contributed by atoms with van der Waals surface area (Å²) in [5.74, 6) is -1.67. The van der Waals surface area contributed by atoms with Gasteiger partial charge in [-0.25, -0.2) is 0 Å². The number of quaternary nitrogens is 2. The van der Waals surface area contributed by atoms with E-state index in [0.29, 0.717) is 18.9 Å². The number of nitro benzene ring substituents is 1. The summed E-state index contributed by atoms with van der Waals surface area (Å²) in [5.41, 5.74) is -0.335. The molecule has 0 heterocycles. The van der Waals surface area contributed by atoms with Gasteiger partial charge in [-0.3, -0.25) is 14.9 Å². The van der Waals surface area contributed by atoms with Crippen LogP contribution < -0.4 is 25.8 Å². The van der Waals surface area contributed by atoms with Crippen LogP contribution in [0.3, 0.4) is 0 Å². The molecule has 0 bridgehead atoms. The van der Waals surface area contributed by atoms with Gasteiger partial charge in [0, 0.05) is 6.42 Å². The molecule has 1 aromatic rings. The Labute approximate surface area is 151 Å². The lowest BCUT2D eigenvalue weighted by Crippen LogP contribution is -2.94. The molecule has 1 aromatic carbocycles. The number of nitrogens with one attached hydrogen (secondary N) is 1. The number of hydrogen-bond donors (Lipinski definition) is 3. The van der Waals surface area contributed by atoms with E-state index in [1.807, 2.05) is 12.4 Å². The number of nitrogens with two attached hydrogens (primary N) is 2. The third-order valence-electron chi connectivity index (χ3n) is 3.61. The van der Waals surface area contributed by atoms with E-state index in [1.54, 1.807) is 6.92 Å². The molecule has 0 saturated heterocycles. The number of carboxylic acid groups (broad SMARTS) is 1. The Kier molecular flexibility index (Phi) is 9.02. The maximum atomic E-state index is 12.1. The fraction of sp³-hybridized carbons (Fsp3) is 0.500. The number of carboxylic acids is 1. The molecule has 0 radical (unpaired) electrons. The first-order valence-corrected chi connectivity index (χ1v) is 8.42. The molecule has 1 rings (SSSR count). The van der Waals surface area contributed by atoms with Gasteiger partial charge in [0.1, 0.15) is 17.5 Å². The maximum Gasteiger partial charge on any atom is 0.296 e. The summed E-state index contributed by atoms with van der Waals surface area (Å²) in [6.07, 6.45) is 0.439. The monoisotopic (exact) mass is 369 g/mol. The number of nitrogens with zero attached hydrogens (tertiary/aromatic N) is 1. The van der Waals surface area contributed by atoms with E-state index in [1.165, 1.54) is 23.5 Å². The predicted octanol–water partition coefficient (Wildman–Crippen LogP) is -2.41. The van der Waals surface area contributed by atoms with Crippen LogP contribution in [0.4, 0.5) is 11.4 Å². The summed E-state index contributed by atoms with van der Waals surface area (Å²) in [7, 11) is 1.91. The highest BCUT2D eigenvalue weighted by Crippen LogP contribution is 2.29. The molecule has 1 amide bonds. The second-order valence-corrected chi connectivity index (χ2v) is 5.62. The zero-order valence-corrected chi connectivity index (χ0v) is 14.9. The van der Waals surface area contributed by atoms with Gasteiger partial charge in [0.05, 0.1) is 50.1 Å². The molecule has 26 heavy (non-hydrogen) atoms. The second kappa shape index (κ2) is 11.0. The van der Waals surface area contributed by atoms with E-state index in [2.05, 4.69) is 5.32 Å². The molecular weight excluding hydrogens is 344 g/mol. The van der Waals surface area contributed by atoms with Crippen LogP contribution >= 0.6 is 0 Å². The molecule has 144 valence electrons. The summed E-state index contributed by atoms with van der Waals surface area (Å²) in [5, 5.41) is 28.3. The van der Waals surface area contributed by atoms with Crippen molar-refractivity contribution >= 4 is 23.3 Å². The standard InChI is InChI=1S/C16H24N4O6/c1-3-26-11-5-6-12(14(9-11)20(24)25)19-15(21)10-13(16(22)23)18-8-4-7-17-2/h5-6,9,13,17-18H,3-4,7-8,10H2,1-2H3,(H,19,21)(H,22,23)/p+1/t13-/m0/s1. The van der Waals surface area contributed by atoms with Crippen LogP contribution in [0.5, 0.6) is 5.75 Å². The number of benzene rings is 1. The molecule has 5 N–H and O–H groups in total. The fourth-order valence-corrected chi connectivity index (χ4v) is 2.33. The Bertz CT molecular complexity index is 637. The lowest BCUT2D eigenvalue weighted by atomic mass is 10.1. The molecule has 0 saturated carbocycles. The van der Waals surface area contributed by atoms with Crippen molar-refractivity contribution in [3.8, 4) is 5.75 Å². The van der Waals surface area contributed by atoms with Gasteiger partial charge in [-0.1, -0.05) is 0 Å². The number of rotatable bonds is 12. The number of nitro groups is 1. The smallest absolute Gasteiger partial charge is 0.296 e. The highest BCUT2D eigenvalue weighted by molar-refractivity contribution is 5.95. The minimum absolute atomic E-state index is 0.0128. The van der Waals surface area contributed by atoms with Crippen LogP contribution in [0.15, 0.2) is 18.2 Å². The van der Waals surface area contributed by atoms with E-state index in [-0.39, 0.29) is 17.8 Å². The van der Waals surface area contributed by atoms with Crippen LogP contribution in [0.2, 0.25) is 0 Å². The van der Waals surface area contributed by atoms with Crippen molar-refractivity contribution in [3.05, 3.63) is 28.3 Å². The van der Waals surface area contributed by atoms with E-state index in [9.17, 15) is 24.8 Å². The van der Waals surface area contributed by atoms with E-state index in [4.69, 9.17) is 4.74 Å². The number of ether oxygens (including phenoxy) is 1. The summed E-state index contributed by atoms with van der Waals surface area (Å²) < 4.78 is 5.21. The highest BCUT2D eigenvalue weighted by Gasteiger charge is 2.22. The van der Waals surface area contributed by atoms with Crippen LogP contribution in [0.25, 0.3) is 0 Å². The first-order valence-electron chi connectivity index (χ1n) is 8.42. The fourth-order valence-electron chi connectivity index (χ4n) is 2.33. The largest absolute Gasteiger partial charge is 0.544 e. The van der Waals surface area contributed by atoms with Crippen molar-refractivity contribution in [2.24, 2.45) is 0 Å². The average Bonchev–Trinajstić information content (AvgIpc) is 2.58. The van der Waals surface area contributed by atoms with Gasteiger partial charge < -0.3 is 30.6 Å². The van der Waals surface area contributed by atoms with Crippen molar-refractivity contribution in [3.63, 3.8) is 0 Å². The van der Waals surface area contributed by atoms with Crippen LogP contribution in [-0.4, -0.2) is 49.6 Å². The van der Waals surface area contributed by atoms with Crippen molar-refractivity contribution in [2.75, 3.05) is 32.1 Å². The van der Waals surface area contributed by atoms with E-state index >= 15 is 0 Å². The summed E-state index contributed by atoms with van der Waals surface area (Å²) in [4.78, 5) is 33.8. The lowest BCUT2D eigenvalue weighted by Gasteiger charge is -2.16. The highest BCUT2D eigenvalue weighted by atomic mass is 16.6. The molecule has 10 nitrogen and oxygen atoms in total. The van der Waals surface area contributed by atoms with Gasteiger partial charge in [0.2, 0.25) is 5.91 Å². The quantitative estimate of drug-likeness (QED) is 0.212. The molecule has 0 spiro atoms. The number of anilines is 1. The van der Waals surface area contributed by atoms with Crippen molar-refractivity contribution in [2.45, 2.75) is 25.8 Å². The van der Waals surface area contributed by atoms with Crippen LogP contribution in [-0.2, 0) is 9.59 Å². The molecule has 0 aromatic heterocycles. The van der Waals surface area contributed by atoms with E-state index in [0.717, 1.165) is 13.0 Å². The Morgan fingerprint density at radius 3 is 2.65 bits per heavy atom. The van der Waals surface area contributed by atoms with Gasteiger partial charge in [-0.15, -0.1) is 0 Å². The minimum atomic E-state index is -1.35. The second-order valence-electron chi connectivity index (χ2n) is 5.62. The van der Waals surface area contributed by atoms with Crippen molar-refractivity contribution in [1.29, 1.82) is 0 Å². The number of aliphatic carboxylic acids is 1. The summed E-state index contributed by atoms with van der Waals surface area (Å²) in [6, 6.07) is 3.02. The third-order valence-corrected chi connectivity index (χ3v) is 3.61. The van der Waals surface area contributed by atoms with Crippen molar-refractivity contribution in [1.82, 2.24) is 0 Å². The molecule has 0 unspecified atom stereocenters. The summed E-state index contributed by atoms with van der Waals surface area (Å²) >= 11 is 0. The number of carbonyl (C=O) groups is 2. The lowest BCUT2D eigenvalue weighted by molar-refractivity contribution is -0.692. The Hall–Kier alpha value is -2.72. The van der Waals surface area contributed by atoms with Gasteiger partial charge in [-0.05, 0) is 19.1 Å². The molecule has 0 fully saturated rings. The third kappa shape index (κ3) is 7.03. The van der Waals surface area contributed by atoms with Gasteiger partial charge in [-0.2, -0.15) is 0 Å². The normalized spacial score (nSPS) is 11.6. The maximum absolute atomic E-state index is 12.1. The molecule has 0 aliphatic heterocycles. The minimum Gasteiger partial charge on any atom is -0.544 e. The van der Waals surface area contributed by atoms with Crippen LogP contribution in [0.1, 0.15) is 19.8 Å². The van der Waals surface area contributed by atoms with Crippen LogP contribution in [0, 0.1) is 10.1 Å². The molecule has 0 aliphatic rings. The Morgan fingerprint density at radius 2 is 2.08 bits per heavy atom. The SMILES string of the molecule is CCOc1ccc(NC(=O)C[C@H]([NH2+]CCC[NH2+]C)C(=O)[O-])c([N+](=O)[O-])c1. The summed E-state index contributed by atoms with van der Waals surface area (Å²) in [6.45, 7) is 3.48. The molecule has 1 atom stereocenters. The topological polar surface area (TPSA) is 155 Å². The number of carbonyl (C=O) groups excluding carboxylic acids is 2. The van der Waals surface area contributed by atoms with Crippen molar-refractivity contribution < 1.29 is 35.0 Å². The predicted molar refractivity (Wildman–Crippen MR) is 90.4 cm³/mol. The number of amides is 1. The molecule has 10 heteroatoms. The van der Waals surface area contributed by atoms with Gasteiger partial charge >= 0.3 is 0 Å². The zero-order chi connectivity index (χ0) is 19.5. The first kappa shape index (κ1) is 21.3. The average molecular weight is 369 g/mol. The van der Waals surface area contributed by atoms with E-state index < -0.39 is 22.8 Å². The number of hydrogen-bond acceptors (Lipinski definition) is 6.